The Morgan fingerprint density at radius 1 is 0.958 bits per heavy atom. The Bertz CT molecular complexity index is 854. The molecule has 2 aromatic rings. The summed E-state index contributed by atoms with van der Waals surface area (Å²) in [5.41, 5.74) is -1.05. The molecule has 6 nitrogen and oxygen atoms in total. The Kier molecular flexibility index (Phi) is 3.39. The van der Waals surface area contributed by atoms with E-state index >= 15 is 0 Å². The van der Waals surface area contributed by atoms with Gasteiger partial charge in [-0.25, -0.2) is 8.78 Å². The number of ketones is 1. The molecule has 124 valence electrons. The minimum absolute atomic E-state index is 0.380. The number of rotatable bonds is 2. The van der Waals surface area contributed by atoms with Crippen molar-refractivity contribution in [1.29, 1.82) is 0 Å². The fourth-order valence-electron chi connectivity index (χ4n) is 2.14. The van der Waals surface area contributed by atoms with E-state index in [0.717, 1.165) is 19.1 Å². The van der Waals surface area contributed by atoms with Crippen molar-refractivity contribution in [1.82, 2.24) is 0 Å². The van der Waals surface area contributed by atoms with Gasteiger partial charge >= 0.3 is 0 Å². The molecular weight excluding hydrogens is 338 g/mol. The van der Waals surface area contributed by atoms with Gasteiger partial charge < -0.3 is 9.47 Å². The highest BCUT2D eigenvalue weighted by Crippen LogP contribution is 2.50. The van der Waals surface area contributed by atoms with Crippen LogP contribution >= 0.6 is 0 Å². The molecule has 0 N–H and O–H groups in total. The number of nitrogens with zero attached hydrogens (tertiary/aromatic N) is 1. The first kappa shape index (κ1) is 15.7. The van der Waals surface area contributed by atoms with Crippen molar-refractivity contribution in [2.45, 2.75) is 6.92 Å². The van der Waals surface area contributed by atoms with Crippen LogP contribution in [0.3, 0.4) is 0 Å². The zero-order chi connectivity index (χ0) is 17.8. The molecule has 1 aliphatic heterocycles. The molecular formula is C14H5F4NO5. The van der Waals surface area contributed by atoms with Gasteiger partial charge in [-0.3, -0.25) is 14.9 Å². The van der Waals surface area contributed by atoms with Crippen LogP contribution in [0, 0.1) is 33.4 Å². The summed E-state index contributed by atoms with van der Waals surface area (Å²) in [6, 6.07) is 1.62. The van der Waals surface area contributed by atoms with E-state index in [9.17, 15) is 32.5 Å². The van der Waals surface area contributed by atoms with Crippen LogP contribution < -0.4 is 9.47 Å². The van der Waals surface area contributed by atoms with E-state index in [2.05, 4.69) is 0 Å². The highest BCUT2D eigenvalue weighted by molar-refractivity contribution is 5.99. The second kappa shape index (κ2) is 5.18. The van der Waals surface area contributed by atoms with E-state index in [4.69, 9.17) is 9.47 Å². The third-order valence-corrected chi connectivity index (χ3v) is 3.25. The molecule has 24 heavy (non-hydrogen) atoms. The van der Waals surface area contributed by atoms with E-state index in [1.807, 2.05) is 0 Å². The number of carbonyl (C=O) groups is 1. The van der Waals surface area contributed by atoms with Crippen molar-refractivity contribution in [3.05, 3.63) is 51.1 Å². The first-order valence-electron chi connectivity index (χ1n) is 6.27. The largest absolute Gasteiger partial charge is 0.446 e. The van der Waals surface area contributed by atoms with Crippen LogP contribution in [-0.2, 0) is 0 Å². The second-order valence-corrected chi connectivity index (χ2v) is 4.75. The topological polar surface area (TPSA) is 78.7 Å². The third-order valence-electron chi connectivity index (χ3n) is 3.25. The molecule has 0 aliphatic carbocycles. The molecule has 0 aromatic heterocycles. The van der Waals surface area contributed by atoms with Gasteiger partial charge in [0.05, 0.1) is 16.6 Å². The maximum Gasteiger partial charge on any atom is 0.284 e. The minimum Gasteiger partial charge on any atom is -0.446 e. The van der Waals surface area contributed by atoms with E-state index in [0.29, 0.717) is 0 Å². The molecule has 0 atom stereocenters. The van der Waals surface area contributed by atoms with Gasteiger partial charge in [0.2, 0.25) is 34.8 Å². The van der Waals surface area contributed by atoms with E-state index in [1.54, 1.807) is 0 Å². The summed E-state index contributed by atoms with van der Waals surface area (Å²) in [6.07, 6.45) is 0. The second-order valence-electron chi connectivity index (χ2n) is 4.75. The summed E-state index contributed by atoms with van der Waals surface area (Å²) in [4.78, 5) is 21.6. The maximum atomic E-state index is 13.7. The minimum atomic E-state index is -2.12. The molecule has 0 radical (unpaired) electrons. The number of ether oxygens (including phenoxy) is 2. The summed E-state index contributed by atoms with van der Waals surface area (Å²) in [5, 5.41) is 11.0. The molecule has 1 heterocycles. The molecule has 10 heteroatoms. The Labute approximate surface area is 130 Å². The third kappa shape index (κ3) is 2.14. The molecule has 0 unspecified atom stereocenters. The Balaban J connectivity index is 2.23. The van der Waals surface area contributed by atoms with Crippen molar-refractivity contribution in [3.63, 3.8) is 0 Å². The van der Waals surface area contributed by atoms with Gasteiger partial charge in [0.1, 0.15) is 0 Å². The van der Waals surface area contributed by atoms with Gasteiger partial charge in [-0.1, -0.05) is 0 Å². The lowest BCUT2D eigenvalue weighted by Crippen LogP contribution is -2.09. The zero-order valence-electron chi connectivity index (χ0n) is 11.7. The highest BCUT2D eigenvalue weighted by Gasteiger charge is 2.34. The van der Waals surface area contributed by atoms with Crippen LogP contribution in [0.15, 0.2) is 12.1 Å². The molecule has 0 saturated heterocycles. The number of Topliss-reactive ketones (excluding diaryl/α,β-unsaturated/α-hetero) is 1. The van der Waals surface area contributed by atoms with E-state index in [-0.39, 0.29) is 11.3 Å². The highest BCUT2D eigenvalue weighted by atomic mass is 19.2. The first-order valence-corrected chi connectivity index (χ1v) is 6.27. The number of nitro groups is 1. The van der Waals surface area contributed by atoms with Crippen LogP contribution in [0.1, 0.15) is 17.3 Å². The molecule has 0 bridgehead atoms. The number of carbonyl (C=O) groups excluding carboxylic acids is 1. The summed E-state index contributed by atoms with van der Waals surface area (Å²) in [6.45, 7) is 1.04. The summed E-state index contributed by atoms with van der Waals surface area (Å²) in [7, 11) is 0. The van der Waals surface area contributed by atoms with Gasteiger partial charge in [0.15, 0.2) is 17.3 Å². The summed E-state index contributed by atoms with van der Waals surface area (Å²) in [5.74, 6) is -11.6. The Morgan fingerprint density at radius 3 is 1.83 bits per heavy atom. The smallest absolute Gasteiger partial charge is 0.284 e. The number of hydrogen-bond donors (Lipinski definition) is 0. The van der Waals surface area contributed by atoms with Crippen LogP contribution in [0.2, 0.25) is 0 Å². The molecule has 0 fully saturated rings. The molecule has 0 saturated carbocycles. The number of hydrogen-bond acceptors (Lipinski definition) is 5. The number of nitro benzene ring substituents is 1. The molecule has 2 aromatic carbocycles. The van der Waals surface area contributed by atoms with Gasteiger partial charge in [0, 0.05) is 6.07 Å². The quantitative estimate of drug-likeness (QED) is 0.174. The average Bonchev–Trinajstić information content (AvgIpc) is 2.55. The fraction of sp³-hybridized carbons (Fsp3) is 0.0714. The lowest BCUT2D eigenvalue weighted by molar-refractivity contribution is -0.385. The van der Waals surface area contributed by atoms with Crippen molar-refractivity contribution >= 4 is 11.5 Å². The van der Waals surface area contributed by atoms with Gasteiger partial charge in [0.25, 0.3) is 5.69 Å². The van der Waals surface area contributed by atoms with Crippen molar-refractivity contribution in [3.8, 4) is 23.0 Å². The summed E-state index contributed by atoms with van der Waals surface area (Å²) >= 11 is 0. The monoisotopic (exact) mass is 343 g/mol. The maximum absolute atomic E-state index is 13.7. The number of halogens is 4. The first-order chi connectivity index (χ1) is 11.2. The van der Waals surface area contributed by atoms with Gasteiger partial charge in [-0.05, 0) is 6.92 Å². The molecule has 0 amide bonds. The van der Waals surface area contributed by atoms with Crippen LogP contribution in [-0.4, -0.2) is 10.7 Å². The Hall–Kier alpha value is -3.17. The van der Waals surface area contributed by atoms with Crippen molar-refractivity contribution < 1.29 is 36.8 Å². The predicted molar refractivity (Wildman–Crippen MR) is 69.5 cm³/mol. The van der Waals surface area contributed by atoms with Crippen LogP contribution in [0.4, 0.5) is 23.2 Å². The van der Waals surface area contributed by atoms with Gasteiger partial charge in [-0.15, -0.1) is 0 Å². The lowest BCUT2D eigenvalue weighted by Gasteiger charge is -2.22. The molecule has 0 spiro atoms. The standard InChI is InChI=1S/C14H5F4NO5/c1-4(20)5-2-7-8(3-6(5)19(21)22)24-14-12(18)10(16)9(15)11(17)13(14)23-7/h2-3H,1H3. The molecule has 3 rings (SSSR count). The predicted octanol–water partition coefficient (Wildman–Crippen LogP) is 4.25. The normalized spacial score (nSPS) is 11.9. The van der Waals surface area contributed by atoms with Crippen LogP contribution in [0.25, 0.3) is 0 Å². The molecule has 1 aliphatic rings. The number of fused-ring (bicyclic) bond motifs is 2. The summed E-state index contributed by atoms with van der Waals surface area (Å²) < 4.78 is 63.8. The van der Waals surface area contributed by atoms with E-state index < -0.39 is 56.9 Å². The van der Waals surface area contributed by atoms with Crippen molar-refractivity contribution in [2.24, 2.45) is 0 Å². The lowest BCUT2D eigenvalue weighted by atomic mass is 10.1. The SMILES string of the molecule is CC(=O)c1cc2c(cc1[N+](=O)[O-])Oc1c(F)c(F)c(F)c(F)c1O2. The average molecular weight is 343 g/mol. The Morgan fingerprint density at radius 2 is 1.42 bits per heavy atom. The number of benzene rings is 2. The van der Waals surface area contributed by atoms with Gasteiger partial charge in [-0.2, -0.15) is 8.78 Å². The fourth-order valence-corrected chi connectivity index (χ4v) is 2.14. The van der Waals surface area contributed by atoms with Crippen molar-refractivity contribution in [2.75, 3.05) is 0 Å². The van der Waals surface area contributed by atoms with Crippen LogP contribution in [0.5, 0.6) is 23.0 Å². The van der Waals surface area contributed by atoms with E-state index in [1.165, 1.54) is 0 Å². The zero-order valence-corrected chi connectivity index (χ0v) is 11.7.